The monoisotopic (exact) mass is 582 g/mol. The fourth-order valence-corrected chi connectivity index (χ4v) is 6.32. The molecule has 0 unspecified atom stereocenters. The molecule has 9 heteroatoms. The molecule has 0 aliphatic carbocycles. The molecule has 4 atom stereocenters. The number of thioether (sulfide) groups is 1. The van der Waals surface area contributed by atoms with Crippen molar-refractivity contribution in [1.29, 1.82) is 0 Å². The number of hydrogen-bond acceptors (Lipinski definition) is 6. The van der Waals surface area contributed by atoms with Gasteiger partial charge >= 0.3 is 0 Å². The lowest BCUT2D eigenvalue weighted by Gasteiger charge is -2.42. The Morgan fingerprint density at radius 3 is 2.44 bits per heavy atom. The first-order valence-corrected chi connectivity index (χ1v) is 15.0. The molecule has 3 aromatic rings. The van der Waals surface area contributed by atoms with Gasteiger partial charge in [-0.05, 0) is 76.4 Å². The summed E-state index contributed by atoms with van der Waals surface area (Å²) in [6.07, 6.45) is 4.61. The zero-order valence-corrected chi connectivity index (χ0v) is 24.7. The number of rotatable bonds is 11. The quantitative estimate of drug-likeness (QED) is 0.297. The van der Waals surface area contributed by atoms with Gasteiger partial charge in [-0.3, -0.25) is 9.78 Å². The third kappa shape index (κ3) is 8.82. The highest BCUT2D eigenvalue weighted by molar-refractivity contribution is 8.00. The number of aromatic nitrogens is 1. The van der Waals surface area contributed by atoms with Crippen molar-refractivity contribution in [3.05, 3.63) is 95.8 Å². The first-order chi connectivity index (χ1) is 19.6. The highest BCUT2D eigenvalue weighted by Gasteiger charge is 2.37. The normalized spacial score (nSPS) is 19.0. The lowest BCUT2D eigenvalue weighted by atomic mass is 9.96. The molecule has 2 heterocycles. The number of nitrogens with zero attached hydrogens (tertiary/aromatic N) is 2. The van der Waals surface area contributed by atoms with E-state index in [0.29, 0.717) is 12.8 Å². The van der Waals surface area contributed by atoms with E-state index >= 15 is 0 Å². The van der Waals surface area contributed by atoms with E-state index in [4.69, 9.17) is 0 Å². The topological polar surface area (TPSA) is 77.5 Å². The molecule has 1 saturated heterocycles. The van der Waals surface area contributed by atoms with Crippen LogP contribution in [0, 0.1) is 11.6 Å². The predicted molar refractivity (Wildman–Crippen MR) is 160 cm³/mol. The molecule has 41 heavy (non-hydrogen) atoms. The van der Waals surface area contributed by atoms with Gasteiger partial charge in [0.1, 0.15) is 11.6 Å². The maximum absolute atomic E-state index is 14.4. The summed E-state index contributed by atoms with van der Waals surface area (Å²) < 4.78 is 28.7. The summed E-state index contributed by atoms with van der Waals surface area (Å²) in [4.78, 5) is 20.9. The van der Waals surface area contributed by atoms with Gasteiger partial charge in [-0.25, -0.2) is 8.78 Å². The number of β-amino-alcohol motifs (C(OH)–C–C–N with tert-alkyl or cyclic N) is 1. The molecule has 1 aliphatic rings. The van der Waals surface area contributed by atoms with E-state index in [1.807, 2.05) is 63.2 Å². The van der Waals surface area contributed by atoms with Crippen LogP contribution in [0.25, 0.3) is 0 Å². The molecule has 0 radical (unpaired) electrons. The fourth-order valence-electron chi connectivity index (χ4n) is 5.13. The van der Waals surface area contributed by atoms with E-state index in [1.165, 1.54) is 18.2 Å². The van der Waals surface area contributed by atoms with Gasteiger partial charge in [0.15, 0.2) is 0 Å². The average Bonchev–Trinajstić information content (AvgIpc) is 2.95. The van der Waals surface area contributed by atoms with Gasteiger partial charge in [0.2, 0.25) is 5.91 Å². The Balaban J connectivity index is 1.49. The van der Waals surface area contributed by atoms with Gasteiger partial charge in [-0.2, -0.15) is 0 Å². The second kappa shape index (κ2) is 14.4. The molecule has 1 amide bonds. The Hall–Kier alpha value is -2.85. The van der Waals surface area contributed by atoms with Crippen LogP contribution in [-0.4, -0.2) is 63.0 Å². The van der Waals surface area contributed by atoms with E-state index < -0.39 is 29.3 Å². The zero-order valence-electron chi connectivity index (χ0n) is 23.9. The minimum atomic E-state index is -0.987. The minimum Gasteiger partial charge on any atom is -0.390 e. The van der Waals surface area contributed by atoms with E-state index in [9.17, 15) is 18.7 Å². The zero-order chi connectivity index (χ0) is 29.4. The first kappa shape index (κ1) is 31.1. The van der Waals surface area contributed by atoms with E-state index in [2.05, 4.69) is 15.6 Å². The van der Waals surface area contributed by atoms with Crippen molar-refractivity contribution >= 4 is 17.7 Å². The van der Waals surface area contributed by atoms with Crippen LogP contribution in [0.2, 0.25) is 0 Å². The van der Waals surface area contributed by atoms with Crippen LogP contribution in [0.5, 0.6) is 0 Å². The van der Waals surface area contributed by atoms with Crippen LogP contribution in [0.1, 0.15) is 44.7 Å². The standard InChI is InChI=1S/C32H40F2N4O2S/c1-32(2,3)38(31(40)29-19-24(14-17-36-29)41-23-12-15-35-16-13-23)21-30(39)28(18-22-8-5-4-6-9-22)37-20-25-26(33)10-7-11-27(25)34/h4-13,15-16,24,28-30,36-37,39H,14,17-21H2,1-3H3/t24-,28+,29+,30-/m1/s1. The number of aliphatic hydroxyl groups excluding tert-OH is 1. The predicted octanol–water partition coefficient (Wildman–Crippen LogP) is 4.96. The molecule has 3 N–H and O–H groups in total. The number of piperidine rings is 1. The summed E-state index contributed by atoms with van der Waals surface area (Å²) in [7, 11) is 0. The van der Waals surface area contributed by atoms with Crippen LogP contribution in [-0.2, 0) is 17.8 Å². The maximum Gasteiger partial charge on any atom is 0.240 e. The molecular weight excluding hydrogens is 542 g/mol. The summed E-state index contributed by atoms with van der Waals surface area (Å²) >= 11 is 1.76. The maximum atomic E-state index is 14.4. The van der Waals surface area contributed by atoms with Crippen molar-refractivity contribution in [2.75, 3.05) is 13.1 Å². The van der Waals surface area contributed by atoms with Gasteiger partial charge in [0.25, 0.3) is 0 Å². The largest absolute Gasteiger partial charge is 0.390 e. The Bertz CT molecular complexity index is 1240. The Morgan fingerprint density at radius 2 is 1.78 bits per heavy atom. The smallest absolute Gasteiger partial charge is 0.240 e. The second-order valence-corrected chi connectivity index (χ2v) is 12.9. The number of hydrogen-bond donors (Lipinski definition) is 3. The molecule has 6 nitrogen and oxygen atoms in total. The van der Waals surface area contributed by atoms with Crippen LogP contribution in [0.4, 0.5) is 8.78 Å². The number of amides is 1. The van der Waals surface area contributed by atoms with E-state index in [-0.39, 0.29) is 35.9 Å². The van der Waals surface area contributed by atoms with Crippen molar-refractivity contribution in [2.45, 2.75) is 80.5 Å². The fraction of sp³-hybridized carbons (Fsp3) is 0.438. The van der Waals surface area contributed by atoms with Gasteiger partial charge in [0, 0.05) is 52.8 Å². The SMILES string of the molecule is CC(C)(C)N(C[C@@H](O)[C@H](Cc1ccccc1)NCc1c(F)cccc1F)C(=O)[C@@H]1C[C@H](Sc2ccncc2)CCN1. The summed E-state index contributed by atoms with van der Waals surface area (Å²) in [5, 5.41) is 18.4. The summed E-state index contributed by atoms with van der Waals surface area (Å²) in [5.74, 6) is -1.34. The first-order valence-electron chi connectivity index (χ1n) is 14.1. The van der Waals surface area contributed by atoms with Gasteiger partial charge < -0.3 is 20.6 Å². The van der Waals surface area contributed by atoms with Gasteiger partial charge in [-0.15, -0.1) is 11.8 Å². The number of nitrogens with one attached hydrogen (secondary N) is 2. The van der Waals surface area contributed by atoms with Crippen LogP contribution in [0.15, 0.2) is 78.0 Å². The van der Waals surface area contributed by atoms with E-state index in [1.54, 1.807) is 29.1 Å². The van der Waals surface area contributed by atoms with Crippen molar-refractivity contribution in [2.24, 2.45) is 0 Å². The van der Waals surface area contributed by atoms with Crippen molar-refractivity contribution in [1.82, 2.24) is 20.5 Å². The molecule has 4 rings (SSSR count). The third-order valence-electron chi connectivity index (χ3n) is 7.42. The van der Waals surface area contributed by atoms with Crippen molar-refractivity contribution in [3.8, 4) is 0 Å². The Kier molecular flexibility index (Phi) is 10.9. The highest BCUT2D eigenvalue weighted by Crippen LogP contribution is 2.31. The molecule has 1 aromatic heterocycles. The van der Waals surface area contributed by atoms with Gasteiger partial charge in [-0.1, -0.05) is 36.4 Å². The summed E-state index contributed by atoms with van der Waals surface area (Å²) in [6, 6.07) is 16.4. The number of carbonyl (C=O) groups is 1. The molecule has 0 saturated carbocycles. The van der Waals surface area contributed by atoms with Crippen LogP contribution in [0.3, 0.4) is 0 Å². The third-order valence-corrected chi connectivity index (χ3v) is 8.72. The lowest BCUT2D eigenvalue weighted by Crippen LogP contribution is -2.59. The molecular formula is C32H40F2N4O2S. The lowest BCUT2D eigenvalue weighted by molar-refractivity contribution is -0.141. The number of benzene rings is 2. The number of pyridine rings is 1. The van der Waals surface area contributed by atoms with Crippen LogP contribution < -0.4 is 10.6 Å². The summed E-state index contributed by atoms with van der Waals surface area (Å²) in [5.41, 5.74) is 0.335. The highest BCUT2D eigenvalue weighted by atomic mass is 32.2. The molecule has 0 spiro atoms. The second-order valence-electron chi connectivity index (χ2n) is 11.5. The Labute approximate surface area is 246 Å². The molecule has 1 aliphatic heterocycles. The molecule has 2 aromatic carbocycles. The summed E-state index contributed by atoms with van der Waals surface area (Å²) in [6.45, 7) is 6.58. The molecule has 0 bridgehead atoms. The number of carbonyl (C=O) groups excluding carboxylic acids is 1. The van der Waals surface area contributed by atoms with Gasteiger partial charge in [0.05, 0.1) is 12.1 Å². The van der Waals surface area contributed by atoms with E-state index in [0.717, 1.165) is 23.4 Å². The van der Waals surface area contributed by atoms with Crippen molar-refractivity contribution in [3.63, 3.8) is 0 Å². The number of aliphatic hydroxyl groups is 1. The Morgan fingerprint density at radius 1 is 1.10 bits per heavy atom. The minimum absolute atomic E-state index is 0.0600. The number of halogens is 2. The van der Waals surface area contributed by atoms with Crippen LogP contribution >= 0.6 is 11.8 Å². The average molecular weight is 583 g/mol. The van der Waals surface area contributed by atoms with Crippen molar-refractivity contribution < 1.29 is 18.7 Å². The molecule has 1 fully saturated rings. The molecule has 220 valence electrons.